The van der Waals surface area contributed by atoms with Crippen molar-refractivity contribution in [2.45, 2.75) is 25.0 Å². The molecule has 0 aromatic heterocycles. The summed E-state index contributed by atoms with van der Waals surface area (Å²) in [5.41, 5.74) is 2.29. The predicted molar refractivity (Wildman–Crippen MR) is 72.5 cm³/mol. The highest BCUT2D eigenvalue weighted by molar-refractivity contribution is 9.09. The zero-order valence-corrected chi connectivity index (χ0v) is 11.6. The van der Waals surface area contributed by atoms with E-state index >= 15 is 0 Å². The molecular formula is C14H16BrNO2. The summed E-state index contributed by atoms with van der Waals surface area (Å²) >= 11 is 3.45. The Kier molecular flexibility index (Phi) is 3.16. The second kappa shape index (κ2) is 4.67. The average molecular weight is 310 g/mol. The number of alkyl halides is 1. The third-order valence-corrected chi connectivity index (χ3v) is 4.88. The number of benzene rings is 1. The van der Waals surface area contributed by atoms with E-state index in [0.29, 0.717) is 18.8 Å². The van der Waals surface area contributed by atoms with Crippen LogP contribution in [0.25, 0.3) is 0 Å². The lowest BCUT2D eigenvalue weighted by atomic mass is 10.1. The lowest BCUT2D eigenvalue weighted by molar-refractivity contribution is -0.131. The number of carbonyl (C=O) groups is 1. The number of amides is 1. The van der Waals surface area contributed by atoms with Gasteiger partial charge in [0.05, 0.1) is 12.1 Å². The van der Waals surface area contributed by atoms with Gasteiger partial charge in [0.25, 0.3) is 0 Å². The van der Waals surface area contributed by atoms with Crippen molar-refractivity contribution in [1.29, 1.82) is 0 Å². The number of halogens is 1. The maximum atomic E-state index is 12.1. The van der Waals surface area contributed by atoms with Gasteiger partial charge in [0.2, 0.25) is 5.91 Å². The summed E-state index contributed by atoms with van der Waals surface area (Å²) in [5.74, 6) is 0.540. The largest absolute Gasteiger partial charge is 0.390 e. The van der Waals surface area contributed by atoms with Crippen LogP contribution in [0.4, 0.5) is 0 Å². The van der Waals surface area contributed by atoms with E-state index < -0.39 is 6.10 Å². The van der Waals surface area contributed by atoms with E-state index in [2.05, 4.69) is 15.9 Å². The molecule has 1 amide bonds. The molecule has 18 heavy (non-hydrogen) atoms. The van der Waals surface area contributed by atoms with Crippen molar-refractivity contribution in [3.8, 4) is 0 Å². The number of hydrogen-bond donors (Lipinski definition) is 1. The van der Waals surface area contributed by atoms with Crippen molar-refractivity contribution in [2.75, 3.05) is 11.9 Å². The molecule has 1 aromatic carbocycles. The summed E-state index contributed by atoms with van der Waals surface area (Å²) in [6.07, 6.45) is 0.792. The van der Waals surface area contributed by atoms with Crippen LogP contribution in [-0.2, 0) is 11.2 Å². The fourth-order valence-corrected chi connectivity index (χ4v) is 3.54. The molecular weight excluding hydrogens is 294 g/mol. The first-order valence-corrected chi connectivity index (χ1v) is 7.44. The fraction of sp³-hybridized carbons (Fsp3) is 0.500. The van der Waals surface area contributed by atoms with E-state index in [1.807, 2.05) is 29.2 Å². The number of likely N-dealkylation sites (tertiary alicyclic amines) is 1. The molecule has 1 aromatic rings. The van der Waals surface area contributed by atoms with Crippen molar-refractivity contribution in [2.24, 2.45) is 5.92 Å². The minimum absolute atomic E-state index is 0.141. The first kappa shape index (κ1) is 12.2. The smallest absolute Gasteiger partial charge is 0.223 e. The molecule has 2 aliphatic rings. The van der Waals surface area contributed by atoms with Gasteiger partial charge in [-0.1, -0.05) is 40.2 Å². The van der Waals surface area contributed by atoms with Gasteiger partial charge >= 0.3 is 0 Å². The molecule has 1 N–H and O–H groups in total. The number of aliphatic hydroxyl groups is 1. The van der Waals surface area contributed by atoms with Crippen LogP contribution in [0.3, 0.4) is 0 Å². The minimum atomic E-state index is -0.458. The topological polar surface area (TPSA) is 40.5 Å². The Morgan fingerprint density at radius 2 is 2.11 bits per heavy atom. The summed E-state index contributed by atoms with van der Waals surface area (Å²) in [6, 6.07) is 7.90. The molecule has 0 saturated carbocycles. The van der Waals surface area contributed by atoms with Crippen LogP contribution < -0.4 is 0 Å². The van der Waals surface area contributed by atoms with Crippen LogP contribution in [0, 0.1) is 5.92 Å². The van der Waals surface area contributed by atoms with Crippen LogP contribution in [0.15, 0.2) is 24.3 Å². The van der Waals surface area contributed by atoms with E-state index in [-0.39, 0.29) is 11.9 Å². The van der Waals surface area contributed by atoms with Gasteiger partial charge in [0, 0.05) is 24.7 Å². The summed E-state index contributed by atoms with van der Waals surface area (Å²) in [7, 11) is 0. The van der Waals surface area contributed by atoms with E-state index in [9.17, 15) is 9.90 Å². The Morgan fingerprint density at radius 3 is 2.83 bits per heavy atom. The van der Waals surface area contributed by atoms with Crippen molar-refractivity contribution >= 4 is 21.8 Å². The van der Waals surface area contributed by atoms with Gasteiger partial charge in [-0.2, -0.15) is 0 Å². The first-order valence-electron chi connectivity index (χ1n) is 6.32. The van der Waals surface area contributed by atoms with Gasteiger partial charge in [-0.25, -0.2) is 0 Å². The number of fused-ring (bicyclic) bond motifs is 1. The molecule has 0 spiro atoms. The van der Waals surface area contributed by atoms with Gasteiger partial charge in [0.15, 0.2) is 0 Å². The normalized spacial score (nSPS) is 30.9. The quantitative estimate of drug-likeness (QED) is 0.848. The van der Waals surface area contributed by atoms with Crippen LogP contribution >= 0.6 is 15.9 Å². The minimum Gasteiger partial charge on any atom is -0.390 e. The predicted octanol–water partition coefficient (Wildman–Crippen LogP) is 1.89. The molecule has 1 saturated heterocycles. The summed E-state index contributed by atoms with van der Waals surface area (Å²) in [4.78, 5) is 13.9. The zero-order chi connectivity index (χ0) is 12.7. The lowest BCUT2D eigenvalue weighted by Crippen LogP contribution is -2.35. The Morgan fingerprint density at radius 1 is 1.33 bits per heavy atom. The maximum absolute atomic E-state index is 12.1. The first-order chi connectivity index (χ1) is 8.70. The van der Waals surface area contributed by atoms with Crippen LogP contribution in [0.1, 0.15) is 23.6 Å². The molecule has 1 unspecified atom stereocenters. The summed E-state index contributed by atoms with van der Waals surface area (Å²) < 4.78 is 0. The van der Waals surface area contributed by atoms with E-state index in [1.54, 1.807) is 0 Å². The fourth-order valence-electron chi connectivity index (χ4n) is 3.11. The third-order valence-electron chi connectivity index (χ3n) is 3.96. The highest BCUT2D eigenvalue weighted by Crippen LogP contribution is 2.39. The molecule has 1 aliphatic heterocycles. The van der Waals surface area contributed by atoms with Gasteiger partial charge in [-0.15, -0.1) is 0 Å². The molecule has 3 nitrogen and oxygen atoms in total. The third kappa shape index (κ3) is 1.88. The Balaban J connectivity index is 1.91. The second-order valence-electron chi connectivity index (χ2n) is 5.19. The summed E-state index contributed by atoms with van der Waals surface area (Å²) in [5, 5.41) is 11.1. The molecule has 4 heteroatoms. The standard InChI is InChI=1S/C14H16BrNO2/c15-7-9-5-13(18)16(8-9)14-11-4-2-1-3-10(11)6-12(14)17/h1-4,9,12,14,17H,5-8H2/t9?,12-,14+/m0/s1. The van der Waals surface area contributed by atoms with Gasteiger partial charge in [-0.05, 0) is 17.0 Å². The molecule has 3 rings (SSSR count). The van der Waals surface area contributed by atoms with Crippen LogP contribution in [0.5, 0.6) is 0 Å². The highest BCUT2D eigenvalue weighted by atomic mass is 79.9. The van der Waals surface area contributed by atoms with E-state index in [1.165, 1.54) is 5.56 Å². The Labute approximate surface area is 115 Å². The lowest BCUT2D eigenvalue weighted by Gasteiger charge is -2.28. The molecule has 1 fully saturated rings. The molecule has 96 valence electrons. The number of carbonyl (C=O) groups excluding carboxylic acids is 1. The highest BCUT2D eigenvalue weighted by Gasteiger charge is 2.41. The Hall–Kier alpha value is -0.870. The average Bonchev–Trinajstić information content (AvgIpc) is 2.88. The monoisotopic (exact) mass is 309 g/mol. The molecule has 1 heterocycles. The van der Waals surface area contributed by atoms with Gasteiger partial charge in [0.1, 0.15) is 0 Å². The van der Waals surface area contributed by atoms with Crippen molar-refractivity contribution in [3.63, 3.8) is 0 Å². The van der Waals surface area contributed by atoms with Gasteiger partial charge in [-0.3, -0.25) is 4.79 Å². The van der Waals surface area contributed by atoms with E-state index in [0.717, 1.165) is 17.4 Å². The number of nitrogens with zero attached hydrogens (tertiary/aromatic N) is 1. The zero-order valence-electron chi connectivity index (χ0n) is 10.1. The van der Waals surface area contributed by atoms with E-state index in [4.69, 9.17) is 0 Å². The molecule has 0 radical (unpaired) electrons. The number of rotatable bonds is 2. The van der Waals surface area contributed by atoms with Crippen molar-refractivity contribution in [1.82, 2.24) is 4.90 Å². The second-order valence-corrected chi connectivity index (χ2v) is 5.83. The van der Waals surface area contributed by atoms with Crippen LogP contribution in [-0.4, -0.2) is 33.9 Å². The van der Waals surface area contributed by atoms with Crippen molar-refractivity contribution < 1.29 is 9.90 Å². The molecule has 0 bridgehead atoms. The Bertz CT molecular complexity index is 477. The SMILES string of the molecule is O=C1CC(CBr)CN1[C@@H]1c2ccccc2C[C@@H]1O. The van der Waals surface area contributed by atoms with Gasteiger partial charge < -0.3 is 10.0 Å². The maximum Gasteiger partial charge on any atom is 0.223 e. The number of aliphatic hydroxyl groups excluding tert-OH is 1. The molecule has 3 atom stereocenters. The summed E-state index contributed by atoms with van der Waals surface area (Å²) in [6.45, 7) is 0.750. The number of hydrogen-bond acceptors (Lipinski definition) is 2. The van der Waals surface area contributed by atoms with Crippen molar-refractivity contribution in [3.05, 3.63) is 35.4 Å². The van der Waals surface area contributed by atoms with Crippen LogP contribution in [0.2, 0.25) is 0 Å². The molecule has 1 aliphatic carbocycles.